The zero-order valence-corrected chi connectivity index (χ0v) is 17.6. The molecule has 1 aromatic heterocycles. The van der Waals surface area contributed by atoms with Crippen LogP contribution in [0, 0.1) is 0 Å². The van der Waals surface area contributed by atoms with E-state index >= 15 is 0 Å². The van der Waals surface area contributed by atoms with E-state index in [1.807, 2.05) is 24.4 Å². The minimum atomic E-state index is -0.572. The van der Waals surface area contributed by atoms with Crippen LogP contribution < -0.4 is 15.5 Å². The number of hydrogen-bond acceptors (Lipinski definition) is 6. The Bertz CT molecular complexity index is 1090. The molecule has 0 saturated carbocycles. The molecular weight excluding hydrogens is 414 g/mol. The first-order valence-electron chi connectivity index (χ1n) is 9.47. The molecule has 2 aromatic carbocycles. The molecule has 0 atom stereocenters. The number of hydrogen-bond donors (Lipinski definition) is 3. The van der Waals surface area contributed by atoms with E-state index in [9.17, 15) is 14.7 Å². The number of thiophene rings is 1. The highest BCUT2D eigenvalue weighted by Crippen LogP contribution is 2.26. The molecule has 158 valence electrons. The Hall–Kier alpha value is -3.91. The molecule has 0 saturated heterocycles. The second-order valence-corrected chi connectivity index (χ2v) is 7.23. The van der Waals surface area contributed by atoms with Gasteiger partial charge in [0, 0.05) is 10.4 Å². The fourth-order valence-corrected chi connectivity index (χ4v) is 3.22. The third kappa shape index (κ3) is 6.28. The van der Waals surface area contributed by atoms with Crippen molar-refractivity contribution in [3.63, 3.8) is 0 Å². The van der Waals surface area contributed by atoms with Gasteiger partial charge >= 0.3 is 0 Å². The van der Waals surface area contributed by atoms with Gasteiger partial charge in [-0.25, -0.2) is 5.43 Å². The van der Waals surface area contributed by atoms with Crippen molar-refractivity contribution in [2.45, 2.75) is 6.92 Å². The van der Waals surface area contributed by atoms with Gasteiger partial charge in [0.15, 0.2) is 11.5 Å². The summed E-state index contributed by atoms with van der Waals surface area (Å²) in [4.78, 5) is 26.0. The molecule has 3 N–H and O–H groups in total. The van der Waals surface area contributed by atoms with Crippen LogP contribution >= 0.6 is 11.3 Å². The highest BCUT2D eigenvalue weighted by atomic mass is 32.1. The van der Waals surface area contributed by atoms with Crippen molar-refractivity contribution in [3.05, 3.63) is 87.7 Å². The number of nitrogens with zero attached hydrogens (tertiary/aromatic N) is 1. The van der Waals surface area contributed by atoms with E-state index in [0.717, 1.165) is 4.88 Å². The van der Waals surface area contributed by atoms with Crippen molar-refractivity contribution in [2.75, 3.05) is 6.61 Å². The largest absolute Gasteiger partial charge is 0.504 e. The van der Waals surface area contributed by atoms with Crippen molar-refractivity contribution in [1.29, 1.82) is 0 Å². The van der Waals surface area contributed by atoms with Crippen LogP contribution in [0.5, 0.6) is 11.5 Å². The van der Waals surface area contributed by atoms with Crippen LogP contribution in [0.4, 0.5) is 0 Å². The Balaban J connectivity index is 1.73. The summed E-state index contributed by atoms with van der Waals surface area (Å²) in [7, 11) is 0. The average Bonchev–Trinajstić information content (AvgIpc) is 3.29. The van der Waals surface area contributed by atoms with Gasteiger partial charge in [-0.1, -0.05) is 24.3 Å². The first-order chi connectivity index (χ1) is 15.1. The number of hydrazone groups is 1. The molecule has 0 aliphatic carbocycles. The number of carbonyl (C=O) groups excluding carboxylic acids is 2. The fraction of sp³-hybridized carbons (Fsp3) is 0.0870. The van der Waals surface area contributed by atoms with E-state index in [1.54, 1.807) is 48.5 Å². The third-order valence-corrected chi connectivity index (χ3v) is 4.84. The number of rotatable bonds is 8. The second kappa shape index (κ2) is 10.7. The zero-order chi connectivity index (χ0) is 22.1. The topological polar surface area (TPSA) is 100 Å². The number of phenolic OH excluding ortho intramolecular Hbond substituents is 1. The number of nitrogens with one attached hydrogen (secondary N) is 2. The maximum atomic E-state index is 12.7. The van der Waals surface area contributed by atoms with Gasteiger partial charge in [0.1, 0.15) is 5.70 Å². The van der Waals surface area contributed by atoms with E-state index in [0.29, 0.717) is 23.5 Å². The maximum Gasteiger partial charge on any atom is 0.287 e. The monoisotopic (exact) mass is 435 g/mol. The predicted octanol–water partition coefficient (Wildman–Crippen LogP) is 3.77. The summed E-state index contributed by atoms with van der Waals surface area (Å²) in [5, 5.41) is 18.2. The van der Waals surface area contributed by atoms with Gasteiger partial charge in [0.2, 0.25) is 0 Å². The molecule has 0 radical (unpaired) electrons. The molecule has 0 unspecified atom stereocenters. The van der Waals surface area contributed by atoms with Gasteiger partial charge in [0.05, 0.1) is 12.8 Å². The van der Waals surface area contributed by atoms with Crippen molar-refractivity contribution in [2.24, 2.45) is 5.10 Å². The SMILES string of the molecule is CCOc1cc(C=NNC(=O)/C(=C/c2cccs2)NC(=O)c2ccccc2)ccc1O. The van der Waals surface area contributed by atoms with Gasteiger partial charge in [-0.2, -0.15) is 5.10 Å². The quantitative estimate of drug-likeness (QED) is 0.285. The second-order valence-electron chi connectivity index (χ2n) is 6.25. The van der Waals surface area contributed by atoms with Gasteiger partial charge in [0.25, 0.3) is 11.8 Å². The molecule has 3 aromatic rings. The summed E-state index contributed by atoms with van der Waals surface area (Å²) in [6.07, 6.45) is 3.01. The van der Waals surface area contributed by atoms with Crippen LogP contribution in [0.3, 0.4) is 0 Å². The Kier molecular flexibility index (Phi) is 7.56. The molecule has 8 heteroatoms. The van der Waals surface area contributed by atoms with Gasteiger partial charge in [-0.3, -0.25) is 9.59 Å². The van der Waals surface area contributed by atoms with Crippen LogP contribution in [0.1, 0.15) is 27.7 Å². The molecule has 0 spiro atoms. The zero-order valence-electron chi connectivity index (χ0n) is 16.7. The summed E-state index contributed by atoms with van der Waals surface area (Å²) in [5.41, 5.74) is 3.54. The van der Waals surface area contributed by atoms with Gasteiger partial charge in [-0.05, 0) is 60.3 Å². The van der Waals surface area contributed by atoms with Crippen molar-refractivity contribution in [3.8, 4) is 11.5 Å². The van der Waals surface area contributed by atoms with Crippen LogP contribution in [-0.2, 0) is 4.79 Å². The molecule has 2 amide bonds. The van der Waals surface area contributed by atoms with Crippen molar-refractivity contribution in [1.82, 2.24) is 10.7 Å². The molecule has 3 rings (SSSR count). The number of ether oxygens (including phenoxy) is 1. The average molecular weight is 436 g/mol. The maximum absolute atomic E-state index is 12.7. The van der Waals surface area contributed by atoms with Crippen LogP contribution in [-0.4, -0.2) is 29.7 Å². The summed E-state index contributed by atoms with van der Waals surface area (Å²) in [6, 6.07) is 17.0. The summed E-state index contributed by atoms with van der Waals surface area (Å²) in [5.74, 6) is -0.626. The number of aromatic hydroxyl groups is 1. The van der Waals surface area contributed by atoms with Gasteiger partial charge < -0.3 is 15.2 Å². The Morgan fingerprint density at radius 2 is 1.94 bits per heavy atom. The van der Waals surface area contributed by atoms with E-state index in [2.05, 4.69) is 15.8 Å². The lowest BCUT2D eigenvalue weighted by Gasteiger charge is -2.09. The molecule has 31 heavy (non-hydrogen) atoms. The summed E-state index contributed by atoms with van der Waals surface area (Å²) < 4.78 is 5.33. The molecular formula is C23H21N3O4S. The number of benzene rings is 2. The molecule has 0 fully saturated rings. The van der Waals surface area contributed by atoms with Gasteiger partial charge in [-0.15, -0.1) is 11.3 Å². The van der Waals surface area contributed by atoms with E-state index in [4.69, 9.17) is 4.74 Å². The third-order valence-electron chi connectivity index (χ3n) is 4.02. The highest BCUT2D eigenvalue weighted by molar-refractivity contribution is 7.10. The lowest BCUT2D eigenvalue weighted by Crippen LogP contribution is -2.32. The van der Waals surface area contributed by atoms with E-state index < -0.39 is 11.8 Å². The first-order valence-corrected chi connectivity index (χ1v) is 10.4. The smallest absolute Gasteiger partial charge is 0.287 e. The Morgan fingerprint density at radius 3 is 2.65 bits per heavy atom. The minimum Gasteiger partial charge on any atom is -0.504 e. The highest BCUT2D eigenvalue weighted by Gasteiger charge is 2.14. The Labute approximate surface area is 183 Å². The van der Waals surface area contributed by atoms with Crippen LogP contribution in [0.15, 0.2) is 76.8 Å². The molecule has 1 heterocycles. The minimum absolute atomic E-state index is 0.0211. The predicted molar refractivity (Wildman–Crippen MR) is 121 cm³/mol. The van der Waals surface area contributed by atoms with Crippen LogP contribution in [0.2, 0.25) is 0 Å². The van der Waals surface area contributed by atoms with E-state index in [-0.39, 0.29) is 11.4 Å². The molecule has 0 aliphatic heterocycles. The normalized spacial score (nSPS) is 11.3. The first kappa shape index (κ1) is 21.8. The van der Waals surface area contributed by atoms with Crippen molar-refractivity contribution < 1.29 is 19.4 Å². The van der Waals surface area contributed by atoms with Crippen molar-refractivity contribution >= 4 is 35.4 Å². The standard InChI is InChI=1S/C23H21N3O4S/c1-2-30-21-13-16(10-11-20(21)27)15-24-26-23(29)19(14-18-9-6-12-31-18)25-22(28)17-7-4-3-5-8-17/h3-15,27H,2H2,1H3,(H,25,28)(H,26,29)/b19-14-,24-15?. The summed E-state index contributed by atoms with van der Waals surface area (Å²) in [6.45, 7) is 2.22. The lowest BCUT2D eigenvalue weighted by atomic mass is 10.2. The van der Waals surface area contributed by atoms with E-state index in [1.165, 1.54) is 23.6 Å². The molecule has 0 aliphatic rings. The molecule has 0 bridgehead atoms. The number of amides is 2. The number of carbonyl (C=O) groups is 2. The Morgan fingerprint density at radius 1 is 1.13 bits per heavy atom. The molecule has 7 nitrogen and oxygen atoms in total. The lowest BCUT2D eigenvalue weighted by molar-refractivity contribution is -0.117. The fourth-order valence-electron chi connectivity index (χ4n) is 2.57. The number of phenols is 1. The van der Waals surface area contributed by atoms with Crippen LogP contribution in [0.25, 0.3) is 6.08 Å². The summed E-state index contributed by atoms with van der Waals surface area (Å²) >= 11 is 1.44.